The van der Waals surface area contributed by atoms with E-state index in [0.29, 0.717) is 6.42 Å². The third-order valence-corrected chi connectivity index (χ3v) is 5.15. The van der Waals surface area contributed by atoms with E-state index < -0.39 is 11.7 Å². The predicted molar refractivity (Wildman–Crippen MR) is 101 cm³/mol. The van der Waals surface area contributed by atoms with Crippen molar-refractivity contribution in [1.29, 1.82) is 0 Å². The molecule has 0 aliphatic carbocycles. The van der Waals surface area contributed by atoms with Gasteiger partial charge in [-0.2, -0.15) is 13.2 Å². The van der Waals surface area contributed by atoms with E-state index in [-0.39, 0.29) is 6.04 Å². The van der Waals surface area contributed by atoms with Crippen molar-refractivity contribution in [2.24, 2.45) is 0 Å². The van der Waals surface area contributed by atoms with Crippen LogP contribution in [0.1, 0.15) is 18.1 Å². The lowest BCUT2D eigenvalue weighted by atomic mass is 10.0. The summed E-state index contributed by atoms with van der Waals surface area (Å²) in [7, 11) is 1.67. The molecule has 0 N–H and O–H groups in total. The summed E-state index contributed by atoms with van der Waals surface area (Å²) in [6, 6.07) is 13.8. The summed E-state index contributed by atoms with van der Waals surface area (Å²) in [6.07, 6.45) is -3.68. The molecule has 1 aliphatic rings. The van der Waals surface area contributed by atoms with Gasteiger partial charge >= 0.3 is 6.18 Å². The Morgan fingerprint density at radius 3 is 2.37 bits per heavy atom. The van der Waals surface area contributed by atoms with Crippen molar-refractivity contribution >= 4 is 5.69 Å². The van der Waals surface area contributed by atoms with Gasteiger partial charge in [0.25, 0.3) is 0 Å². The highest BCUT2D eigenvalue weighted by atomic mass is 19.4. The number of anilines is 1. The number of rotatable bonds is 5. The Morgan fingerprint density at radius 1 is 1.00 bits per heavy atom. The second-order valence-electron chi connectivity index (χ2n) is 6.95. The van der Waals surface area contributed by atoms with E-state index >= 15 is 0 Å². The normalized spacial score (nSPS) is 17.0. The fourth-order valence-corrected chi connectivity index (χ4v) is 3.64. The van der Waals surface area contributed by atoms with Gasteiger partial charge in [-0.15, -0.1) is 0 Å². The second kappa shape index (κ2) is 8.21. The third kappa shape index (κ3) is 4.75. The predicted octanol–water partition coefficient (Wildman–Crippen LogP) is 4.47. The molecule has 3 rings (SSSR count). The minimum atomic E-state index is -4.29. The number of nitrogens with zero attached hydrogens (tertiary/aromatic N) is 2. The molecule has 0 bridgehead atoms. The summed E-state index contributed by atoms with van der Waals surface area (Å²) in [5.41, 5.74) is 1.24. The van der Waals surface area contributed by atoms with Gasteiger partial charge in [-0.05, 0) is 37.1 Å². The lowest BCUT2D eigenvalue weighted by Gasteiger charge is -2.39. The van der Waals surface area contributed by atoms with Gasteiger partial charge in [0.2, 0.25) is 0 Å². The monoisotopic (exact) mass is 378 g/mol. The Bertz CT molecular complexity index is 755. The molecule has 3 nitrogen and oxygen atoms in total. The van der Waals surface area contributed by atoms with Crippen LogP contribution in [0.15, 0.2) is 48.5 Å². The summed E-state index contributed by atoms with van der Waals surface area (Å²) < 4.78 is 44.1. The summed E-state index contributed by atoms with van der Waals surface area (Å²) in [4.78, 5) is 4.64. The highest BCUT2D eigenvalue weighted by Crippen LogP contribution is 2.31. The molecule has 6 heteroatoms. The Kier molecular flexibility index (Phi) is 5.95. The van der Waals surface area contributed by atoms with E-state index in [1.165, 1.54) is 12.1 Å². The number of methoxy groups -OCH3 is 1. The van der Waals surface area contributed by atoms with Crippen molar-refractivity contribution in [2.45, 2.75) is 25.6 Å². The Hall–Kier alpha value is -2.21. The van der Waals surface area contributed by atoms with Gasteiger partial charge in [-0.25, -0.2) is 0 Å². The molecule has 27 heavy (non-hydrogen) atoms. The van der Waals surface area contributed by atoms with Gasteiger partial charge in [0, 0.05) is 32.2 Å². The number of para-hydroxylation sites is 2. The van der Waals surface area contributed by atoms with Crippen molar-refractivity contribution in [3.05, 3.63) is 59.7 Å². The summed E-state index contributed by atoms with van der Waals surface area (Å²) in [5.74, 6) is 0.864. The molecule has 0 aromatic heterocycles. The number of piperazine rings is 1. The molecule has 0 saturated carbocycles. The van der Waals surface area contributed by atoms with Crippen LogP contribution < -0.4 is 9.64 Å². The van der Waals surface area contributed by atoms with E-state index in [9.17, 15) is 13.2 Å². The molecule has 0 radical (unpaired) electrons. The van der Waals surface area contributed by atoms with Crippen molar-refractivity contribution in [3.63, 3.8) is 0 Å². The minimum absolute atomic E-state index is 0.188. The topological polar surface area (TPSA) is 15.7 Å². The maximum absolute atomic E-state index is 12.9. The zero-order valence-electron chi connectivity index (χ0n) is 15.7. The number of alkyl halides is 3. The van der Waals surface area contributed by atoms with Gasteiger partial charge in [-0.1, -0.05) is 30.3 Å². The summed E-state index contributed by atoms with van der Waals surface area (Å²) >= 11 is 0. The van der Waals surface area contributed by atoms with E-state index in [1.807, 2.05) is 18.2 Å². The van der Waals surface area contributed by atoms with Crippen molar-refractivity contribution in [2.75, 3.05) is 38.2 Å². The minimum Gasteiger partial charge on any atom is -0.495 e. The molecular formula is C21H25F3N2O. The van der Waals surface area contributed by atoms with Gasteiger partial charge < -0.3 is 9.64 Å². The van der Waals surface area contributed by atoms with E-state index in [2.05, 4.69) is 22.8 Å². The van der Waals surface area contributed by atoms with Gasteiger partial charge in [0.1, 0.15) is 5.75 Å². The Labute approximate surface area is 158 Å². The standard InChI is InChI=1S/C21H25F3N2O/c1-16(14-17-6-5-7-18(15-17)21(22,23)24)25-10-12-26(13-11-25)19-8-3-4-9-20(19)27-2/h3-9,15-16H,10-14H2,1-2H3/t16-/m0/s1. The molecule has 1 heterocycles. The molecule has 1 aliphatic heterocycles. The first-order valence-corrected chi connectivity index (χ1v) is 9.16. The van der Waals surface area contributed by atoms with Crippen LogP contribution in [-0.4, -0.2) is 44.2 Å². The number of hydrogen-bond donors (Lipinski definition) is 0. The van der Waals surface area contributed by atoms with E-state index in [0.717, 1.165) is 49.2 Å². The van der Waals surface area contributed by atoms with Crippen LogP contribution in [-0.2, 0) is 12.6 Å². The zero-order chi connectivity index (χ0) is 19.4. The van der Waals surface area contributed by atoms with Crippen LogP contribution in [0.3, 0.4) is 0 Å². The van der Waals surface area contributed by atoms with E-state index in [4.69, 9.17) is 4.74 Å². The lowest BCUT2D eigenvalue weighted by molar-refractivity contribution is -0.137. The molecule has 1 saturated heterocycles. The largest absolute Gasteiger partial charge is 0.495 e. The number of halogens is 3. The molecule has 1 atom stereocenters. The number of benzene rings is 2. The highest BCUT2D eigenvalue weighted by Gasteiger charge is 2.30. The van der Waals surface area contributed by atoms with Crippen molar-refractivity contribution < 1.29 is 17.9 Å². The molecular weight excluding hydrogens is 353 g/mol. The van der Waals surface area contributed by atoms with Gasteiger partial charge in [0.15, 0.2) is 0 Å². The van der Waals surface area contributed by atoms with Crippen LogP contribution in [0.2, 0.25) is 0 Å². The first-order chi connectivity index (χ1) is 12.9. The smallest absolute Gasteiger partial charge is 0.416 e. The molecule has 2 aromatic carbocycles. The summed E-state index contributed by atoms with van der Waals surface area (Å²) in [6.45, 7) is 5.57. The molecule has 1 fully saturated rings. The summed E-state index contributed by atoms with van der Waals surface area (Å²) in [5, 5.41) is 0. The van der Waals surface area contributed by atoms with Crippen molar-refractivity contribution in [1.82, 2.24) is 4.90 Å². The molecule has 146 valence electrons. The fraction of sp³-hybridized carbons (Fsp3) is 0.429. The molecule has 0 amide bonds. The second-order valence-corrected chi connectivity index (χ2v) is 6.95. The fourth-order valence-electron chi connectivity index (χ4n) is 3.64. The van der Waals surface area contributed by atoms with Crippen LogP contribution in [0.4, 0.5) is 18.9 Å². The van der Waals surface area contributed by atoms with Crippen LogP contribution in [0.25, 0.3) is 0 Å². The zero-order valence-corrected chi connectivity index (χ0v) is 15.7. The number of ether oxygens (including phenoxy) is 1. The molecule has 2 aromatic rings. The molecule has 0 unspecified atom stereocenters. The third-order valence-electron chi connectivity index (χ3n) is 5.15. The van der Waals surface area contributed by atoms with Gasteiger partial charge in [-0.3, -0.25) is 4.90 Å². The first kappa shape index (κ1) is 19.5. The Balaban J connectivity index is 1.60. The van der Waals surface area contributed by atoms with Crippen molar-refractivity contribution in [3.8, 4) is 5.75 Å². The first-order valence-electron chi connectivity index (χ1n) is 9.16. The van der Waals surface area contributed by atoms with Crippen LogP contribution >= 0.6 is 0 Å². The van der Waals surface area contributed by atoms with E-state index in [1.54, 1.807) is 13.2 Å². The average Bonchev–Trinajstić information content (AvgIpc) is 2.67. The highest BCUT2D eigenvalue weighted by molar-refractivity contribution is 5.58. The van der Waals surface area contributed by atoms with Crippen LogP contribution in [0, 0.1) is 0 Å². The number of hydrogen-bond acceptors (Lipinski definition) is 3. The Morgan fingerprint density at radius 2 is 1.70 bits per heavy atom. The lowest BCUT2D eigenvalue weighted by Crippen LogP contribution is -2.50. The average molecular weight is 378 g/mol. The maximum atomic E-state index is 12.9. The van der Waals surface area contributed by atoms with Gasteiger partial charge in [0.05, 0.1) is 18.4 Å². The van der Waals surface area contributed by atoms with Crippen LogP contribution in [0.5, 0.6) is 5.75 Å². The SMILES string of the molecule is COc1ccccc1N1CCN([C@@H](C)Cc2cccc(C(F)(F)F)c2)CC1. The molecule has 0 spiro atoms. The quantitative estimate of drug-likeness (QED) is 0.764. The maximum Gasteiger partial charge on any atom is 0.416 e.